The van der Waals surface area contributed by atoms with Crippen LogP contribution in [0.3, 0.4) is 0 Å². The highest BCUT2D eigenvalue weighted by Crippen LogP contribution is 2.46. The highest BCUT2D eigenvalue weighted by atomic mass is 16.6. The molecule has 214 valence electrons. The number of oxime groups is 1. The highest BCUT2D eigenvalue weighted by molar-refractivity contribution is 6.20. The Morgan fingerprint density at radius 3 is 2.71 bits per heavy atom. The van der Waals surface area contributed by atoms with E-state index in [2.05, 4.69) is 56.3 Å². The van der Waals surface area contributed by atoms with Gasteiger partial charge in [-0.05, 0) is 75.5 Å². The molecule has 1 aliphatic carbocycles. The number of aromatic nitrogens is 3. The topological polar surface area (TPSA) is 79.9 Å². The van der Waals surface area contributed by atoms with Crippen molar-refractivity contribution in [2.24, 2.45) is 12.2 Å². The number of nitrogens with one attached hydrogen (secondary N) is 1. The van der Waals surface area contributed by atoms with Crippen LogP contribution in [0.15, 0.2) is 29.6 Å². The van der Waals surface area contributed by atoms with Gasteiger partial charge >= 0.3 is 0 Å². The van der Waals surface area contributed by atoms with E-state index in [0.717, 1.165) is 97.8 Å². The second kappa shape index (κ2) is 10.3. The molecule has 0 spiro atoms. The van der Waals surface area contributed by atoms with Crippen molar-refractivity contribution in [2.45, 2.75) is 46.2 Å². The number of hydrogen-bond donors (Lipinski definition) is 1. The molecule has 4 heterocycles. The van der Waals surface area contributed by atoms with E-state index in [1.165, 1.54) is 27.4 Å². The fraction of sp³-hybridized carbons (Fsp3) is 0.469. The molecule has 0 atom stereocenters. The molecule has 0 bridgehead atoms. The maximum absolute atomic E-state index is 13.4. The molecular weight excluding hydrogens is 514 g/mol. The molecule has 0 unspecified atom stereocenters. The van der Waals surface area contributed by atoms with Gasteiger partial charge in [-0.1, -0.05) is 11.2 Å². The van der Waals surface area contributed by atoms with E-state index >= 15 is 0 Å². The molecule has 7 rings (SSSR count). The van der Waals surface area contributed by atoms with Gasteiger partial charge < -0.3 is 24.5 Å². The quantitative estimate of drug-likeness (QED) is 0.277. The molecule has 1 N–H and O–H groups in total. The lowest BCUT2D eigenvalue weighted by Crippen LogP contribution is -2.44. The minimum atomic E-state index is 0.0241. The van der Waals surface area contributed by atoms with Gasteiger partial charge in [-0.3, -0.25) is 9.48 Å². The van der Waals surface area contributed by atoms with E-state index in [-0.39, 0.29) is 5.91 Å². The zero-order chi connectivity index (χ0) is 28.2. The number of carbonyl (C=O) groups is 1. The van der Waals surface area contributed by atoms with E-state index in [1.54, 1.807) is 0 Å². The van der Waals surface area contributed by atoms with Crippen molar-refractivity contribution < 1.29 is 9.63 Å². The fourth-order valence-electron chi connectivity index (χ4n) is 7.11. The summed E-state index contributed by atoms with van der Waals surface area (Å²) in [6, 6.07) is 6.65. The van der Waals surface area contributed by atoms with Gasteiger partial charge in [0.1, 0.15) is 6.61 Å². The van der Waals surface area contributed by atoms with Crippen LogP contribution in [0.5, 0.6) is 0 Å². The molecule has 3 aliphatic rings. The number of carbonyl (C=O) groups excluding carboxylic acids is 1. The van der Waals surface area contributed by atoms with Crippen LogP contribution in [0.25, 0.3) is 32.9 Å². The van der Waals surface area contributed by atoms with E-state index in [4.69, 9.17) is 9.94 Å². The van der Waals surface area contributed by atoms with Crippen LogP contribution < -0.4 is 5.32 Å². The molecule has 1 amide bonds. The summed E-state index contributed by atoms with van der Waals surface area (Å²) < 4.78 is 4.43. The third-order valence-corrected chi connectivity index (χ3v) is 9.14. The van der Waals surface area contributed by atoms with Crippen molar-refractivity contribution in [3.8, 4) is 11.1 Å². The number of rotatable bonds is 7. The van der Waals surface area contributed by atoms with Gasteiger partial charge in [0.15, 0.2) is 0 Å². The first-order valence-corrected chi connectivity index (χ1v) is 15.0. The van der Waals surface area contributed by atoms with E-state index in [9.17, 15) is 4.79 Å². The SMILES string of the molecule is CCON=C(C)c1ccc2c(c1)c1c3c(c4c(c1n2CCCN1CCN(C)CC1)CCc1nn(C)cc1-4)C(=O)NC3. The zero-order valence-electron chi connectivity index (χ0n) is 24.6. The minimum absolute atomic E-state index is 0.0241. The molecule has 41 heavy (non-hydrogen) atoms. The lowest BCUT2D eigenvalue weighted by Gasteiger charge is -2.32. The maximum atomic E-state index is 13.4. The lowest BCUT2D eigenvalue weighted by molar-refractivity contribution is 0.0966. The molecule has 2 aliphatic heterocycles. The second-order valence-corrected chi connectivity index (χ2v) is 11.8. The van der Waals surface area contributed by atoms with Gasteiger partial charge in [0.2, 0.25) is 0 Å². The molecule has 0 radical (unpaired) electrons. The molecule has 0 saturated carbocycles. The average Bonchev–Trinajstić information content (AvgIpc) is 3.65. The first-order valence-electron chi connectivity index (χ1n) is 15.0. The Hall–Kier alpha value is -3.69. The van der Waals surface area contributed by atoms with Crippen LogP contribution >= 0.6 is 0 Å². The monoisotopic (exact) mass is 553 g/mol. The number of benzene rings is 2. The largest absolute Gasteiger partial charge is 0.396 e. The fourth-order valence-corrected chi connectivity index (χ4v) is 7.11. The summed E-state index contributed by atoms with van der Waals surface area (Å²) in [5.41, 5.74) is 10.9. The second-order valence-electron chi connectivity index (χ2n) is 11.8. The van der Waals surface area contributed by atoms with Gasteiger partial charge in [-0.25, -0.2) is 0 Å². The van der Waals surface area contributed by atoms with Crippen molar-refractivity contribution in [3.63, 3.8) is 0 Å². The zero-order valence-corrected chi connectivity index (χ0v) is 24.6. The number of amides is 1. The van der Waals surface area contributed by atoms with Crippen molar-refractivity contribution in [1.82, 2.24) is 29.5 Å². The third-order valence-electron chi connectivity index (χ3n) is 9.14. The number of piperazine rings is 1. The summed E-state index contributed by atoms with van der Waals surface area (Å²) in [6.07, 6.45) is 4.93. The number of nitrogens with zero attached hydrogens (tertiary/aromatic N) is 6. The van der Waals surface area contributed by atoms with Crippen LogP contribution in [-0.2, 0) is 37.8 Å². The summed E-state index contributed by atoms with van der Waals surface area (Å²) in [5.74, 6) is 0.0241. The maximum Gasteiger partial charge on any atom is 0.252 e. The van der Waals surface area contributed by atoms with Crippen molar-refractivity contribution >= 4 is 33.4 Å². The number of fused-ring (bicyclic) bond motifs is 10. The Bertz CT molecular complexity index is 1700. The minimum Gasteiger partial charge on any atom is -0.396 e. The molecule has 2 aromatic heterocycles. The molecule has 4 aromatic rings. The third kappa shape index (κ3) is 4.33. The van der Waals surface area contributed by atoms with Gasteiger partial charge in [0.25, 0.3) is 5.91 Å². The van der Waals surface area contributed by atoms with E-state index in [1.807, 2.05) is 25.6 Å². The van der Waals surface area contributed by atoms with Gasteiger partial charge in [0.05, 0.1) is 22.5 Å². The Kier molecular flexibility index (Phi) is 6.59. The normalized spacial score (nSPS) is 17.7. The summed E-state index contributed by atoms with van der Waals surface area (Å²) in [7, 11) is 4.18. The summed E-state index contributed by atoms with van der Waals surface area (Å²) in [6.45, 7) is 11.6. The van der Waals surface area contributed by atoms with Crippen LogP contribution in [0, 0.1) is 0 Å². The predicted octanol–water partition coefficient (Wildman–Crippen LogP) is 3.94. The molecule has 2 aromatic carbocycles. The number of likely N-dealkylation sites (N-methyl/N-ethyl adjacent to an activating group) is 1. The van der Waals surface area contributed by atoms with Crippen molar-refractivity contribution in [1.29, 1.82) is 0 Å². The predicted molar refractivity (Wildman–Crippen MR) is 163 cm³/mol. The average molecular weight is 554 g/mol. The van der Waals surface area contributed by atoms with Crippen LogP contribution in [0.1, 0.15) is 53.0 Å². The summed E-state index contributed by atoms with van der Waals surface area (Å²) >= 11 is 0. The Morgan fingerprint density at radius 2 is 1.90 bits per heavy atom. The first kappa shape index (κ1) is 26.2. The highest BCUT2D eigenvalue weighted by Gasteiger charge is 2.35. The standard InChI is InChI=1S/C32H39N7O2/c1-5-41-35-20(2)21-7-10-27-23(17-21)29-24-18-33-32(40)30(24)28-22(8-9-26-25(28)19-37(4)34-26)31(29)39(27)12-6-11-38-15-13-36(3)14-16-38/h7,10,17,19H,5-6,8-9,11-16,18H2,1-4H3,(H,33,40). The Balaban J connectivity index is 1.43. The van der Waals surface area contributed by atoms with Gasteiger partial charge in [-0.15, -0.1) is 0 Å². The van der Waals surface area contributed by atoms with Crippen molar-refractivity contribution in [2.75, 3.05) is 46.4 Å². The van der Waals surface area contributed by atoms with Gasteiger partial charge in [0, 0.05) is 79.9 Å². The summed E-state index contributed by atoms with van der Waals surface area (Å²) in [5, 5.41) is 14.6. The van der Waals surface area contributed by atoms with Crippen molar-refractivity contribution in [3.05, 3.63) is 52.3 Å². The molecule has 1 fully saturated rings. The van der Waals surface area contributed by atoms with Crippen LogP contribution in [0.2, 0.25) is 0 Å². The Morgan fingerprint density at radius 1 is 1.07 bits per heavy atom. The smallest absolute Gasteiger partial charge is 0.252 e. The molecular formula is C32H39N7O2. The van der Waals surface area contributed by atoms with Gasteiger partial charge in [-0.2, -0.15) is 5.10 Å². The lowest BCUT2D eigenvalue weighted by atomic mass is 9.82. The Labute approximate surface area is 240 Å². The van der Waals surface area contributed by atoms with E-state index in [0.29, 0.717) is 13.2 Å². The van der Waals surface area contributed by atoms with Crippen LogP contribution in [-0.4, -0.2) is 82.1 Å². The van der Waals surface area contributed by atoms with E-state index < -0.39 is 0 Å². The molecule has 9 nitrogen and oxygen atoms in total. The summed E-state index contributed by atoms with van der Waals surface area (Å²) in [4.78, 5) is 23.8. The number of hydrogen-bond acceptors (Lipinski definition) is 6. The van der Waals surface area contributed by atoms with Crippen LogP contribution in [0.4, 0.5) is 0 Å². The first-order chi connectivity index (χ1) is 19.9. The number of aryl methyl sites for hydroxylation is 4. The molecule has 1 saturated heterocycles. The molecule has 9 heteroatoms.